The monoisotopic (exact) mass is 409 g/mol. The molecule has 0 radical (unpaired) electrons. The maximum absolute atomic E-state index is 12.4. The summed E-state index contributed by atoms with van der Waals surface area (Å²) in [5, 5.41) is 2.96. The Balaban J connectivity index is 1.60. The smallest absolute Gasteiger partial charge is 0.337 e. The van der Waals surface area contributed by atoms with Crippen LogP contribution in [0.15, 0.2) is 53.6 Å². The number of hydrogen-bond donors (Lipinski definition) is 1. The van der Waals surface area contributed by atoms with Crippen LogP contribution in [0.2, 0.25) is 0 Å². The highest BCUT2D eigenvalue weighted by molar-refractivity contribution is 5.96. The zero-order chi connectivity index (χ0) is 21.7. The maximum atomic E-state index is 12.4. The van der Waals surface area contributed by atoms with Crippen molar-refractivity contribution in [2.24, 2.45) is 0 Å². The molecule has 0 atom stereocenters. The highest BCUT2D eigenvalue weighted by Crippen LogP contribution is 2.17. The second-order valence-electron chi connectivity index (χ2n) is 6.42. The zero-order valence-electron chi connectivity index (χ0n) is 16.4. The van der Waals surface area contributed by atoms with Crippen molar-refractivity contribution >= 4 is 34.4 Å². The summed E-state index contributed by atoms with van der Waals surface area (Å²) in [4.78, 5) is 52.3. The molecule has 1 aromatic heterocycles. The van der Waals surface area contributed by atoms with E-state index in [1.807, 2.05) is 0 Å². The molecule has 0 unspecified atom stereocenters. The van der Waals surface area contributed by atoms with Gasteiger partial charge >= 0.3 is 11.9 Å². The molecule has 1 amide bonds. The second-order valence-corrected chi connectivity index (χ2v) is 6.42. The quantitative estimate of drug-likeness (QED) is 0.616. The number of methoxy groups -OCH3 is 1. The van der Waals surface area contributed by atoms with E-state index in [-0.39, 0.29) is 17.7 Å². The molecule has 1 heterocycles. The fraction of sp³-hybridized carbons (Fsp3) is 0.190. The van der Waals surface area contributed by atoms with Gasteiger partial charge in [-0.1, -0.05) is 18.2 Å². The number of nitrogens with zero attached hydrogens (tertiary/aromatic N) is 2. The van der Waals surface area contributed by atoms with E-state index in [9.17, 15) is 19.2 Å². The number of anilines is 1. The Hall–Kier alpha value is -4.01. The summed E-state index contributed by atoms with van der Waals surface area (Å²) in [5.41, 5.74) is 1.54. The number of para-hydroxylation sites is 1. The minimum absolute atomic E-state index is 0.276. The van der Waals surface area contributed by atoms with Gasteiger partial charge < -0.3 is 14.8 Å². The van der Waals surface area contributed by atoms with E-state index >= 15 is 0 Å². The Morgan fingerprint density at radius 3 is 2.67 bits per heavy atom. The van der Waals surface area contributed by atoms with Gasteiger partial charge in [0.25, 0.3) is 11.5 Å². The highest BCUT2D eigenvalue weighted by Gasteiger charge is 2.13. The molecular weight excluding hydrogens is 390 g/mol. The zero-order valence-corrected chi connectivity index (χ0v) is 16.4. The molecule has 9 heteroatoms. The normalized spacial score (nSPS) is 10.5. The standard InChI is InChI=1S/C21H19N3O6/c1-13-7-8-14(21(28)29-2)9-17(13)23-18(25)11-30-19(26)10-24-12-22-16-6-4-3-5-15(16)20(24)27/h3-9,12H,10-11H2,1-2H3,(H,23,25). The van der Waals surface area contributed by atoms with Gasteiger partial charge in [0.2, 0.25) is 0 Å². The molecule has 30 heavy (non-hydrogen) atoms. The molecule has 0 aliphatic rings. The average Bonchev–Trinajstić information content (AvgIpc) is 2.75. The van der Waals surface area contributed by atoms with Crippen molar-refractivity contribution in [3.63, 3.8) is 0 Å². The van der Waals surface area contributed by atoms with Crippen LogP contribution in [0.4, 0.5) is 5.69 Å². The van der Waals surface area contributed by atoms with Gasteiger partial charge in [-0.05, 0) is 36.8 Å². The van der Waals surface area contributed by atoms with E-state index in [0.29, 0.717) is 16.6 Å². The van der Waals surface area contributed by atoms with Gasteiger partial charge in [-0.25, -0.2) is 9.78 Å². The Morgan fingerprint density at radius 2 is 1.90 bits per heavy atom. The molecule has 0 saturated heterocycles. The minimum atomic E-state index is -0.760. The van der Waals surface area contributed by atoms with Gasteiger partial charge in [-0.15, -0.1) is 0 Å². The number of aryl methyl sites for hydroxylation is 1. The molecule has 3 aromatic rings. The Labute approximate surface area is 171 Å². The van der Waals surface area contributed by atoms with Crippen molar-refractivity contribution in [2.75, 3.05) is 19.0 Å². The van der Waals surface area contributed by atoms with Crippen molar-refractivity contribution in [3.05, 3.63) is 70.3 Å². The average molecular weight is 409 g/mol. The molecule has 0 spiro atoms. The molecule has 0 aliphatic carbocycles. The molecule has 3 rings (SSSR count). The molecule has 9 nitrogen and oxygen atoms in total. The Kier molecular flexibility index (Phi) is 6.21. The van der Waals surface area contributed by atoms with Crippen LogP contribution in [0, 0.1) is 6.92 Å². The number of fused-ring (bicyclic) bond motifs is 1. The second kappa shape index (κ2) is 8.99. The number of rotatable bonds is 6. The number of hydrogen-bond acceptors (Lipinski definition) is 7. The van der Waals surface area contributed by atoms with Crippen molar-refractivity contribution in [1.29, 1.82) is 0 Å². The lowest BCUT2D eigenvalue weighted by molar-refractivity contribution is -0.147. The number of amides is 1. The number of carbonyl (C=O) groups excluding carboxylic acids is 3. The fourth-order valence-electron chi connectivity index (χ4n) is 2.74. The molecule has 0 bridgehead atoms. The number of aromatic nitrogens is 2. The van der Waals surface area contributed by atoms with Crippen LogP contribution < -0.4 is 10.9 Å². The molecule has 0 fully saturated rings. The highest BCUT2D eigenvalue weighted by atomic mass is 16.5. The van der Waals surface area contributed by atoms with E-state index in [4.69, 9.17) is 4.74 Å². The van der Waals surface area contributed by atoms with Crippen LogP contribution in [-0.4, -0.2) is 41.1 Å². The summed E-state index contributed by atoms with van der Waals surface area (Å²) in [6.45, 7) is 0.832. The number of nitrogens with one attached hydrogen (secondary N) is 1. The minimum Gasteiger partial charge on any atom is -0.465 e. The summed E-state index contributed by atoms with van der Waals surface area (Å²) in [5.74, 6) is -1.88. The van der Waals surface area contributed by atoms with Crippen molar-refractivity contribution in [2.45, 2.75) is 13.5 Å². The molecule has 1 N–H and O–H groups in total. The fourth-order valence-corrected chi connectivity index (χ4v) is 2.74. The van der Waals surface area contributed by atoms with Gasteiger partial charge in [0.15, 0.2) is 6.61 Å². The van der Waals surface area contributed by atoms with Crippen molar-refractivity contribution < 1.29 is 23.9 Å². The van der Waals surface area contributed by atoms with E-state index < -0.39 is 24.5 Å². The lowest BCUT2D eigenvalue weighted by atomic mass is 10.1. The lowest BCUT2D eigenvalue weighted by Gasteiger charge is -2.11. The maximum Gasteiger partial charge on any atom is 0.337 e. The summed E-state index contributed by atoms with van der Waals surface area (Å²) >= 11 is 0. The van der Waals surface area contributed by atoms with Gasteiger partial charge in [-0.3, -0.25) is 19.0 Å². The van der Waals surface area contributed by atoms with Gasteiger partial charge in [0, 0.05) is 5.69 Å². The van der Waals surface area contributed by atoms with Crippen molar-refractivity contribution in [3.8, 4) is 0 Å². The van der Waals surface area contributed by atoms with Crippen LogP contribution in [0.1, 0.15) is 15.9 Å². The summed E-state index contributed by atoms with van der Waals surface area (Å²) in [6.07, 6.45) is 1.26. The van der Waals surface area contributed by atoms with Crippen LogP contribution in [0.25, 0.3) is 10.9 Å². The first-order valence-corrected chi connectivity index (χ1v) is 8.97. The third-order valence-electron chi connectivity index (χ3n) is 4.33. The number of benzene rings is 2. The SMILES string of the molecule is COC(=O)c1ccc(C)c(NC(=O)COC(=O)Cn2cnc3ccccc3c2=O)c1. The van der Waals surface area contributed by atoms with Gasteiger partial charge in [0.1, 0.15) is 6.54 Å². The van der Waals surface area contributed by atoms with Gasteiger partial charge in [-0.2, -0.15) is 0 Å². The Morgan fingerprint density at radius 1 is 1.13 bits per heavy atom. The molecule has 0 aliphatic heterocycles. The Bertz CT molecular complexity index is 1180. The first kappa shape index (κ1) is 20.7. The third-order valence-corrected chi connectivity index (χ3v) is 4.33. The predicted molar refractivity (Wildman–Crippen MR) is 108 cm³/mol. The van der Waals surface area contributed by atoms with E-state index in [1.54, 1.807) is 43.3 Å². The number of ether oxygens (including phenoxy) is 2. The molecule has 0 saturated carbocycles. The van der Waals surface area contributed by atoms with Crippen LogP contribution >= 0.6 is 0 Å². The summed E-state index contributed by atoms with van der Waals surface area (Å²) < 4.78 is 10.7. The van der Waals surface area contributed by atoms with Crippen LogP contribution in [0.3, 0.4) is 0 Å². The summed E-state index contributed by atoms with van der Waals surface area (Å²) in [6, 6.07) is 11.5. The first-order chi connectivity index (χ1) is 14.4. The topological polar surface area (TPSA) is 117 Å². The largest absolute Gasteiger partial charge is 0.465 e. The van der Waals surface area contributed by atoms with Crippen LogP contribution in [0.5, 0.6) is 0 Å². The number of esters is 2. The predicted octanol–water partition coefficient (Wildman–Crippen LogP) is 1.67. The molecule has 2 aromatic carbocycles. The van der Waals surface area contributed by atoms with Crippen LogP contribution in [-0.2, 0) is 25.6 Å². The molecule has 154 valence electrons. The summed E-state index contributed by atoms with van der Waals surface area (Å²) in [7, 11) is 1.26. The van der Waals surface area contributed by atoms with E-state index in [1.165, 1.54) is 19.5 Å². The van der Waals surface area contributed by atoms with E-state index in [0.717, 1.165) is 10.1 Å². The number of carbonyl (C=O) groups is 3. The lowest BCUT2D eigenvalue weighted by Crippen LogP contribution is -2.28. The van der Waals surface area contributed by atoms with Gasteiger partial charge in [0.05, 0.1) is 29.9 Å². The van der Waals surface area contributed by atoms with E-state index in [2.05, 4.69) is 15.0 Å². The van der Waals surface area contributed by atoms with Crippen molar-refractivity contribution in [1.82, 2.24) is 9.55 Å². The molecular formula is C21H19N3O6. The first-order valence-electron chi connectivity index (χ1n) is 8.97. The third kappa shape index (κ3) is 4.69.